The first kappa shape index (κ1) is 26.7. The zero-order chi connectivity index (χ0) is 28.5. The molecule has 2 N–H and O–H groups in total. The molecule has 0 atom stereocenters. The number of hydrogen-bond donors (Lipinski definition) is 2. The van der Waals surface area contributed by atoms with Crippen molar-refractivity contribution >= 4 is 28.4 Å². The van der Waals surface area contributed by atoms with E-state index in [1.54, 1.807) is 6.07 Å². The largest absolute Gasteiger partial charge is 0.418 e. The van der Waals surface area contributed by atoms with Crippen LogP contribution in [0.25, 0.3) is 33.5 Å². The molecule has 0 aliphatic rings. The van der Waals surface area contributed by atoms with Crippen molar-refractivity contribution in [3.8, 4) is 22.5 Å². The predicted molar refractivity (Wildman–Crippen MR) is 139 cm³/mol. The van der Waals surface area contributed by atoms with Gasteiger partial charge in [-0.2, -0.15) is 26.3 Å². The molecular formula is C29H18F6N4O. The van der Waals surface area contributed by atoms with Gasteiger partial charge in [0.25, 0.3) is 0 Å². The first-order chi connectivity index (χ1) is 19.0. The summed E-state index contributed by atoms with van der Waals surface area (Å²) in [5.41, 5.74) is 0.0336. The van der Waals surface area contributed by atoms with Crippen molar-refractivity contribution in [3.05, 3.63) is 108 Å². The highest BCUT2D eigenvalue weighted by atomic mass is 19.4. The number of hydrogen-bond acceptors (Lipinski definition) is 3. The smallest absolute Gasteiger partial charge is 0.308 e. The number of rotatable bonds is 4. The highest BCUT2D eigenvalue weighted by Gasteiger charge is 2.38. The van der Waals surface area contributed by atoms with Crippen LogP contribution >= 0.6 is 0 Å². The number of anilines is 2. The van der Waals surface area contributed by atoms with Crippen LogP contribution in [0.5, 0.6) is 0 Å². The number of benzene rings is 4. The van der Waals surface area contributed by atoms with Gasteiger partial charge in [-0.15, -0.1) is 0 Å². The van der Waals surface area contributed by atoms with Gasteiger partial charge in [0.15, 0.2) is 0 Å². The molecule has 5 nitrogen and oxygen atoms in total. The zero-order valence-corrected chi connectivity index (χ0v) is 20.3. The number of aromatic nitrogens is 2. The molecule has 0 aliphatic heterocycles. The zero-order valence-electron chi connectivity index (χ0n) is 20.3. The van der Waals surface area contributed by atoms with Crippen LogP contribution in [0.4, 0.5) is 42.5 Å². The van der Waals surface area contributed by atoms with Crippen LogP contribution in [-0.4, -0.2) is 16.0 Å². The summed E-state index contributed by atoms with van der Waals surface area (Å²) in [7, 11) is 0. The Morgan fingerprint density at radius 3 is 1.73 bits per heavy atom. The fourth-order valence-corrected chi connectivity index (χ4v) is 4.08. The van der Waals surface area contributed by atoms with Crippen LogP contribution in [0.3, 0.4) is 0 Å². The van der Waals surface area contributed by atoms with E-state index in [9.17, 15) is 31.1 Å². The van der Waals surface area contributed by atoms with Crippen molar-refractivity contribution in [2.24, 2.45) is 0 Å². The Labute approximate surface area is 223 Å². The first-order valence-electron chi connectivity index (χ1n) is 11.8. The third-order valence-electron chi connectivity index (χ3n) is 5.92. The Hall–Kier alpha value is -4.93. The molecule has 0 saturated carbocycles. The van der Waals surface area contributed by atoms with E-state index in [-0.39, 0.29) is 11.8 Å². The Morgan fingerprint density at radius 1 is 0.600 bits per heavy atom. The lowest BCUT2D eigenvalue weighted by Crippen LogP contribution is -2.22. The number of nitrogens with zero attached hydrogens (tertiary/aromatic N) is 2. The predicted octanol–water partition coefficient (Wildman–Crippen LogP) is 8.65. The number of amides is 2. The fraction of sp³-hybridized carbons (Fsp3) is 0.0690. The maximum absolute atomic E-state index is 13.4. The fourth-order valence-electron chi connectivity index (χ4n) is 4.08. The normalized spacial score (nSPS) is 11.8. The lowest BCUT2D eigenvalue weighted by atomic mass is 10.0. The van der Waals surface area contributed by atoms with E-state index in [0.29, 0.717) is 34.6 Å². The Balaban J connectivity index is 1.47. The molecule has 4 aromatic carbocycles. The Morgan fingerprint density at radius 2 is 1.18 bits per heavy atom. The van der Waals surface area contributed by atoms with E-state index < -0.39 is 35.2 Å². The molecule has 1 heterocycles. The van der Waals surface area contributed by atoms with Crippen molar-refractivity contribution in [2.75, 3.05) is 10.6 Å². The van der Waals surface area contributed by atoms with Gasteiger partial charge in [0.05, 0.1) is 39.2 Å². The summed E-state index contributed by atoms with van der Waals surface area (Å²) in [6.07, 6.45) is -10.1. The van der Waals surface area contributed by atoms with E-state index in [1.165, 1.54) is 12.1 Å². The van der Waals surface area contributed by atoms with Crippen molar-refractivity contribution in [3.63, 3.8) is 0 Å². The lowest BCUT2D eigenvalue weighted by Gasteiger charge is -2.17. The van der Waals surface area contributed by atoms with Gasteiger partial charge in [-0.1, -0.05) is 60.7 Å². The van der Waals surface area contributed by atoms with Crippen LogP contribution in [0.2, 0.25) is 0 Å². The summed E-state index contributed by atoms with van der Waals surface area (Å²) in [5, 5.41) is 4.39. The lowest BCUT2D eigenvalue weighted by molar-refractivity contribution is -0.142. The van der Waals surface area contributed by atoms with Gasteiger partial charge in [-0.3, -0.25) is 0 Å². The number of alkyl halides is 6. The SMILES string of the molecule is O=C(Nc1ccc2nc(-c3ccccc3)c(-c3ccccc3)nc2c1)Nc1ccc(C(F)(F)F)cc1C(F)(F)F. The second kappa shape index (κ2) is 10.3. The van der Waals surface area contributed by atoms with Crippen molar-refractivity contribution < 1.29 is 31.1 Å². The van der Waals surface area contributed by atoms with Crippen LogP contribution in [0, 0.1) is 0 Å². The summed E-state index contributed by atoms with van der Waals surface area (Å²) in [6.45, 7) is 0. The van der Waals surface area contributed by atoms with E-state index in [1.807, 2.05) is 66.0 Å². The molecule has 0 radical (unpaired) electrons. The van der Waals surface area contributed by atoms with Crippen molar-refractivity contribution in [1.82, 2.24) is 9.97 Å². The molecule has 0 spiro atoms. The molecule has 0 aliphatic carbocycles. The molecular weight excluding hydrogens is 534 g/mol. The van der Waals surface area contributed by atoms with Crippen molar-refractivity contribution in [1.29, 1.82) is 0 Å². The minimum atomic E-state index is -5.13. The Bertz CT molecular complexity index is 1690. The minimum absolute atomic E-state index is 0.0450. The summed E-state index contributed by atoms with van der Waals surface area (Å²) >= 11 is 0. The number of nitrogens with one attached hydrogen (secondary N) is 2. The molecule has 0 saturated heterocycles. The van der Waals surface area contributed by atoms with Crippen LogP contribution in [-0.2, 0) is 12.4 Å². The molecule has 2 amide bonds. The summed E-state index contributed by atoms with van der Waals surface area (Å²) < 4.78 is 79.2. The molecule has 202 valence electrons. The number of urea groups is 1. The maximum Gasteiger partial charge on any atom is 0.418 e. The molecule has 0 bridgehead atoms. The number of carbonyl (C=O) groups excluding carboxylic acids is 1. The summed E-state index contributed by atoms with van der Waals surface area (Å²) in [6, 6.07) is 23.3. The highest BCUT2D eigenvalue weighted by Crippen LogP contribution is 2.39. The number of halogens is 6. The molecule has 5 aromatic rings. The van der Waals surface area contributed by atoms with E-state index >= 15 is 0 Å². The molecule has 1 aromatic heterocycles. The second-order valence-electron chi connectivity index (χ2n) is 8.69. The van der Waals surface area contributed by atoms with Crippen molar-refractivity contribution in [2.45, 2.75) is 12.4 Å². The second-order valence-corrected chi connectivity index (χ2v) is 8.69. The van der Waals surface area contributed by atoms with Gasteiger partial charge in [-0.25, -0.2) is 14.8 Å². The third kappa shape index (κ3) is 5.73. The standard InChI is InChI=1S/C29H18F6N4O/c30-28(31,32)19-11-13-22(21(15-19)29(33,34)35)39-27(40)36-20-12-14-23-24(16-20)38-26(18-9-5-2-6-10-18)25(37-23)17-7-3-1-4-8-17/h1-16H,(H2,36,39,40). The molecule has 0 fully saturated rings. The number of fused-ring (bicyclic) bond motifs is 1. The van der Waals surface area contributed by atoms with E-state index in [4.69, 9.17) is 9.97 Å². The Kier molecular flexibility index (Phi) is 6.88. The van der Waals surface area contributed by atoms with E-state index in [2.05, 4.69) is 5.32 Å². The quantitative estimate of drug-likeness (QED) is 0.219. The van der Waals surface area contributed by atoms with Crippen LogP contribution in [0.1, 0.15) is 11.1 Å². The van der Waals surface area contributed by atoms with Gasteiger partial charge in [0, 0.05) is 16.8 Å². The van der Waals surface area contributed by atoms with Gasteiger partial charge < -0.3 is 10.6 Å². The van der Waals surface area contributed by atoms with Gasteiger partial charge in [-0.05, 0) is 36.4 Å². The van der Waals surface area contributed by atoms with Gasteiger partial charge >= 0.3 is 18.4 Å². The molecule has 40 heavy (non-hydrogen) atoms. The van der Waals surface area contributed by atoms with Crippen LogP contribution < -0.4 is 10.6 Å². The maximum atomic E-state index is 13.4. The summed E-state index contributed by atoms with van der Waals surface area (Å²) in [5.74, 6) is 0. The number of carbonyl (C=O) groups is 1. The average molecular weight is 552 g/mol. The third-order valence-corrected chi connectivity index (χ3v) is 5.92. The molecule has 11 heteroatoms. The van der Waals surface area contributed by atoms with Gasteiger partial charge in [0.1, 0.15) is 0 Å². The summed E-state index contributed by atoms with van der Waals surface area (Å²) in [4.78, 5) is 22.1. The molecule has 0 unspecified atom stereocenters. The molecule has 5 rings (SSSR count). The van der Waals surface area contributed by atoms with Crippen LogP contribution in [0.15, 0.2) is 97.1 Å². The minimum Gasteiger partial charge on any atom is -0.308 e. The average Bonchev–Trinajstić information content (AvgIpc) is 2.92. The first-order valence-corrected chi connectivity index (χ1v) is 11.8. The monoisotopic (exact) mass is 552 g/mol. The highest BCUT2D eigenvalue weighted by molar-refractivity contribution is 6.01. The van der Waals surface area contributed by atoms with Gasteiger partial charge in [0.2, 0.25) is 0 Å². The topological polar surface area (TPSA) is 66.9 Å². The van der Waals surface area contributed by atoms with E-state index in [0.717, 1.165) is 11.1 Å².